The molecule has 1 aromatic rings. The first-order valence-corrected chi connectivity index (χ1v) is 8.31. The molecule has 0 spiro atoms. The van der Waals surface area contributed by atoms with Crippen LogP contribution in [0, 0.1) is 5.41 Å². The standard InChI is InChI=1S/C18H26N2O3/c1-3-18(4-2,13-21)12-19-16(22)11-20-15-8-6-5-7-14(15)9-10-17(20)23/h5-8,21H,3-4,9-13H2,1-2H3,(H,19,22). The van der Waals surface area contributed by atoms with Crippen LogP contribution in [0.5, 0.6) is 0 Å². The van der Waals surface area contributed by atoms with Crippen molar-refractivity contribution in [3.8, 4) is 0 Å². The van der Waals surface area contributed by atoms with Crippen molar-refractivity contribution in [3.05, 3.63) is 29.8 Å². The summed E-state index contributed by atoms with van der Waals surface area (Å²) < 4.78 is 0. The molecule has 0 bridgehead atoms. The number of hydrogen-bond donors (Lipinski definition) is 2. The van der Waals surface area contributed by atoms with Gasteiger partial charge in [0.1, 0.15) is 6.54 Å². The largest absolute Gasteiger partial charge is 0.396 e. The van der Waals surface area contributed by atoms with Gasteiger partial charge in [0, 0.05) is 24.1 Å². The van der Waals surface area contributed by atoms with Crippen molar-refractivity contribution in [3.63, 3.8) is 0 Å². The minimum atomic E-state index is -0.278. The fraction of sp³-hybridized carbons (Fsp3) is 0.556. The molecule has 0 unspecified atom stereocenters. The minimum absolute atomic E-state index is 0.0155. The van der Waals surface area contributed by atoms with Crippen molar-refractivity contribution in [2.45, 2.75) is 39.5 Å². The number of aryl methyl sites for hydroxylation is 1. The molecule has 0 fully saturated rings. The second-order valence-electron chi connectivity index (χ2n) is 6.25. The van der Waals surface area contributed by atoms with Crippen LogP contribution in [0.4, 0.5) is 5.69 Å². The lowest BCUT2D eigenvalue weighted by atomic mass is 9.83. The summed E-state index contributed by atoms with van der Waals surface area (Å²) in [4.78, 5) is 26.0. The van der Waals surface area contributed by atoms with Crippen molar-refractivity contribution in [2.75, 3.05) is 24.6 Å². The molecule has 0 aromatic heterocycles. The van der Waals surface area contributed by atoms with Gasteiger partial charge in [0.2, 0.25) is 11.8 Å². The predicted molar refractivity (Wildman–Crippen MR) is 90.2 cm³/mol. The van der Waals surface area contributed by atoms with E-state index in [2.05, 4.69) is 5.32 Å². The maximum absolute atomic E-state index is 12.3. The molecule has 5 nitrogen and oxygen atoms in total. The van der Waals surface area contributed by atoms with Crippen LogP contribution in [0.3, 0.4) is 0 Å². The van der Waals surface area contributed by atoms with Crippen LogP contribution in [0.1, 0.15) is 38.7 Å². The normalized spacial score (nSPS) is 14.6. The van der Waals surface area contributed by atoms with E-state index in [-0.39, 0.29) is 30.4 Å². The fourth-order valence-corrected chi connectivity index (χ4v) is 2.93. The summed E-state index contributed by atoms with van der Waals surface area (Å²) in [5.41, 5.74) is 1.66. The number of amides is 2. The Labute approximate surface area is 137 Å². The van der Waals surface area contributed by atoms with Gasteiger partial charge in [-0.3, -0.25) is 9.59 Å². The summed E-state index contributed by atoms with van der Waals surface area (Å²) in [5, 5.41) is 12.4. The number of nitrogens with one attached hydrogen (secondary N) is 1. The van der Waals surface area contributed by atoms with Gasteiger partial charge < -0.3 is 15.3 Å². The number of fused-ring (bicyclic) bond motifs is 1. The molecule has 1 heterocycles. The van der Waals surface area contributed by atoms with Crippen molar-refractivity contribution >= 4 is 17.5 Å². The smallest absolute Gasteiger partial charge is 0.240 e. The Morgan fingerprint density at radius 1 is 1.26 bits per heavy atom. The maximum Gasteiger partial charge on any atom is 0.240 e. The van der Waals surface area contributed by atoms with Gasteiger partial charge in [0.25, 0.3) is 0 Å². The van der Waals surface area contributed by atoms with Crippen molar-refractivity contribution in [1.29, 1.82) is 0 Å². The first-order chi connectivity index (χ1) is 11.0. The third kappa shape index (κ3) is 3.91. The zero-order chi connectivity index (χ0) is 16.9. The molecule has 1 aliphatic rings. The van der Waals surface area contributed by atoms with Gasteiger partial charge in [0.05, 0.1) is 6.61 Å². The lowest BCUT2D eigenvalue weighted by Gasteiger charge is -2.31. The van der Waals surface area contributed by atoms with E-state index >= 15 is 0 Å². The van der Waals surface area contributed by atoms with E-state index in [0.29, 0.717) is 13.0 Å². The molecule has 0 radical (unpaired) electrons. The summed E-state index contributed by atoms with van der Waals surface area (Å²) in [5.74, 6) is -0.201. The Balaban J connectivity index is 2.02. The molecule has 0 aliphatic carbocycles. The third-order valence-electron chi connectivity index (χ3n) is 4.99. The van der Waals surface area contributed by atoms with E-state index in [0.717, 1.165) is 30.5 Å². The molecule has 0 saturated carbocycles. The van der Waals surface area contributed by atoms with Crippen LogP contribution in [0.25, 0.3) is 0 Å². The Morgan fingerprint density at radius 3 is 2.61 bits per heavy atom. The molecule has 2 rings (SSSR count). The van der Waals surface area contributed by atoms with Gasteiger partial charge in [-0.15, -0.1) is 0 Å². The molecule has 1 aliphatic heterocycles. The number of nitrogens with zero attached hydrogens (tertiary/aromatic N) is 1. The van der Waals surface area contributed by atoms with Crippen LogP contribution in [-0.2, 0) is 16.0 Å². The van der Waals surface area contributed by atoms with Crippen LogP contribution >= 0.6 is 0 Å². The lowest BCUT2D eigenvalue weighted by Crippen LogP contribution is -2.46. The molecule has 0 atom stereocenters. The molecule has 2 amide bonds. The first kappa shape index (κ1) is 17.5. The molecular weight excluding hydrogens is 292 g/mol. The SMILES string of the molecule is CCC(CC)(CO)CNC(=O)CN1C(=O)CCc2ccccc21. The number of carbonyl (C=O) groups is 2. The van der Waals surface area contributed by atoms with Crippen molar-refractivity contribution < 1.29 is 14.7 Å². The molecule has 126 valence electrons. The molecule has 1 aromatic carbocycles. The van der Waals surface area contributed by atoms with Crippen LogP contribution in [0.2, 0.25) is 0 Å². The summed E-state index contributed by atoms with van der Waals surface area (Å²) in [7, 11) is 0. The van der Waals surface area contributed by atoms with Gasteiger partial charge >= 0.3 is 0 Å². The van der Waals surface area contributed by atoms with Crippen molar-refractivity contribution in [2.24, 2.45) is 5.41 Å². The molecule has 2 N–H and O–H groups in total. The van der Waals surface area contributed by atoms with Gasteiger partial charge in [-0.05, 0) is 30.9 Å². The highest BCUT2D eigenvalue weighted by atomic mass is 16.3. The molecule has 23 heavy (non-hydrogen) atoms. The van der Waals surface area contributed by atoms with Crippen LogP contribution < -0.4 is 10.2 Å². The van der Waals surface area contributed by atoms with Crippen LogP contribution in [-0.4, -0.2) is 36.6 Å². The lowest BCUT2D eigenvalue weighted by molar-refractivity contribution is -0.124. The highest BCUT2D eigenvalue weighted by molar-refractivity contribution is 6.00. The minimum Gasteiger partial charge on any atom is -0.396 e. The molecular formula is C18H26N2O3. The van der Waals surface area contributed by atoms with Gasteiger partial charge in [-0.2, -0.15) is 0 Å². The van der Waals surface area contributed by atoms with E-state index in [9.17, 15) is 14.7 Å². The Kier molecular flexibility index (Phi) is 5.77. The highest BCUT2D eigenvalue weighted by Gasteiger charge is 2.28. The summed E-state index contributed by atoms with van der Waals surface area (Å²) in [6.45, 7) is 4.53. The number of anilines is 1. The predicted octanol–water partition coefficient (Wildman–Crippen LogP) is 1.88. The zero-order valence-corrected chi connectivity index (χ0v) is 14.0. The molecule has 5 heteroatoms. The first-order valence-electron chi connectivity index (χ1n) is 8.31. The molecule has 0 saturated heterocycles. The number of carbonyl (C=O) groups excluding carboxylic acids is 2. The Bertz CT molecular complexity index is 559. The number of aliphatic hydroxyl groups excluding tert-OH is 1. The van der Waals surface area contributed by atoms with Gasteiger partial charge in [-0.1, -0.05) is 32.0 Å². The average molecular weight is 318 g/mol. The van der Waals surface area contributed by atoms with Crippen LogP contribution in [0.15, 0.2) is 24.3 Å². The van der Waals surface area contributed by atoms with Crippen molar-refractivity contribution in [1.82, 2.24) is 5.32 Å². The number of hydrogen-bond acceptors (Lipinski definition) is 3. The van der Waals surface area contributed by atoms with E-state index in [1.54, 1.807) is 4.90 Å². The number of aliphatic hydroxyl groups is 1. The maximum atomic E-state index is 12.3. The van der Waals surface area contributed by atoms with Gasteiger partial charge in [0.15, 0.2) is 0 Å². The number of benzene rings is 1. The van der Waals surface area contributed by atoms with Gasteiger partial charge in [-0.25, -0.2) is 0 Å². The van der Waals surface area contributed by atoms with E-state index in [1.165, 1.54) is 0 Å². The second kappa shape index (κ2) is 7.59. The van der Waals surface area contributed by atoms with E-state index in [1.807, 2.05) is 38.1 Å². The van der Waals surface area contributed by atoms with E-state index < -0.39 is 0 Å². The number of para-hydroxylation sites is 1. The summed E-state index contributed by atoms with van der Waals surface area (Å²) in [6, 6.07) is 7.71. The second-order valence-corrected chi connectivity index (χ2v) is 6.25. The average Bonchev–Trinajstić information content (AvgIpc) is 2.59. The summed E-state index contributed by atoms with van der Waals surface area (Å²) in [6.07, 6.45) is 2.76. The zero-order valence-electron chi connectivity index (χ0n) is 14.0. The topological polar surface area (TPSA) is 69.6 Å². The Hall–Kier alpha value is -1.88. The monoisotopic (exact) mass is 318 g/mol. The Morgan fingerprint density at radius 2 is 1.96 bits per heavy atom. The van der Waals surface area contributed by atoms with E-state index in [4.69, 9.17) is 0 Å². The third-order valence-corrected chi connectivity index (χ3v) is 4.99. The number of rotatable bonds is 7. The quantitative estimate of drug-likeness (QED) is 0.806. The highest BCUT2D eigenvalue weighted by Crippen LogP contribution is 2.27. The summed E-state index contributed by atoms with van der Waals surface area (Å²) >= 11 is 0. The fourth-order valence-electron chi connectivity index (χ4n) is 2.93.